The van der Waals surface area contributed by atoms with Gasteiger partial charge in [0.2, 0.25) is 0 Å². The molecule has 4 rings (SSSR count). The Kier molecular flexibility index (Phi) is 5.02. The number of halogens is 3. The highest BCUT2D eigenvalue weighted by molar-refractivity contribution is 7.17. The van der Waals surface area contributed by atoms with Crippen LogP contribution in [0.1, 0.15) is 5.56 Å². The summed E-state index contributed by atoms with van der Waals surface area (Å²) in [6, 6.07) is 14.1. The number of nitrogens with zero attached hydrogens (tertiary/aromatic N) is 3. The molecule has 0 saturated carbocycles. The Morgan fingerprint density at radius 2 is 1.67 bits per heavy atom. The Morgan fingerprint density at radius 1 is 0.963 bits per heavy atom. The van der Waals surface area contributed by atoms with E-state index in [4.69, 9.17) is 34.8 Å². The molecule has 0 N–H and O–H groups in total. The largest absolute Gasteiger partial charge is 0.292 e. The number of fused-ring (bicyclic) bond motifs is 1. The van der Waals surface area contributed by atoms with Crippen LogP contribution in [0.15, 0.2) is 63.8 Å². The van der Waals surface area contributed by atoms with Crippen LogP contribution < -0.4 is 5.56 Å². The predicted molar refractivity (Wildman–Crippen MR) is 114 cm³/mol. The Bertz CT molecular complexity index is 1230. The molecule has 4 nitrogen and oxygen atoms in total. The fourth-order valence-electron chi connectivity index (χ4n) is 2.58. The Hall–Kier alpha value is -2.18. The minimum atomic E-state index is -0.288. The highest BCUT2D eigenvalue weighted by Gasteiger charge is 2.15. The first kappa shape index (κ1) is 18.2. The maximum absolute atomic E-state index is 13.0. The molecule has 0 atom stereocenters. The lowest BCUT2D eigenvalue weighted by Crippen LogP contribution is -2.19. The standard InChI is InChI=1S/C19H10Cl3N3OS/c20-13-5-2-1-4-11(13)18-24-16-8-9-27-17(16)19(26)25(18)23-10-12-14(21)6-3-7-15(12)22/h1-10H/b23-10+. The predicted octanol–water partition coefficient (Wildman–Crippen LogP) is 5.97. The molecular weight excluding hydrogens is 425 g/mol. The van der Waals surface area contributed by atoms with E-state index in [-0.39, 0.29) is 5.56 Å². The molecule has 0 aliphatic carbocycles. The number of hydrogen-bond donors (Lipinski definition) is 0. The van der Waals surface area contributed by atoms with Crippen molar-refractivity contribution in [3.8, 4) is 11.4 Å². The van der Waals surface area contributed by atoms with Gasteiger partial charge in [0.15, 0.2) is 5.82 Å². The van der Waals surface area contributed by atoms with Gasteiger partial charge in [0.25, 0.3) is 5.56 Å². The summed E-state index contributed by atoms with van der Waals surface area (Å²) < 4.78 is 1.73. The van der Waals surface area contributed by atoms with Gasteiger partial charge in [-0.3, -0.25) is 4.79 Å². The van der Waals surface area contributed by atoms with Gasteiger partial charge >= 0.3 is 0 Å². The van der Waals surface area contributed by atoms with E-state index in [9.17, 15) is 4.79 Å². The molecule has 0 saturated heterocycles. The maximum Gasteiger partial charge on any atom is 0.292 e. The van der Waals surface area contributed by atoms with Gasteiger partial charge < -0.3 is 0 Å². The second-order valence-corrected chi connectivity index (χ2v) is 7.68. The van der Waals surface area contributed by atoms with E-state index in [1.807, 2.05) is 17.5 Å². The molecule has 0 spiro atoms. The number of benzene rings is 2. The van der Waals surface area contributed by atoms with E-state index >= 15 is 0 Å². The third-order valence-corrected chi connectivity index (χ3v) is 5.76. The van der Waals surface area contributed by atoms with E-state index in [1.54, 1.807) is 36.4 Å². The van der Waals surface area contributed by atoms with Crippen molar-refractivity contribution in [1.82, 2.24) is 9.66 Å². The van der Waals surface area contributed by atoms with Crippen molar-refractivity contribution >= 4 is 62.6 Å². The first-order chi connectivity index (χ1) is 13.1. The minimum Gasteiger partial charge on any atom is -0.266 e. The van der Waals surface area contributed by atoms with Crippen molar-refractivity contribution in [2.24, 2.45) is 5.10 Å². The van der Waals surface area contributed by atoms with Crippen molar-refractivity contribution in [3.05, 3.63) is 84.9 Å². The van der Waals surface area contributed by atoms with Crippen LogP contribution in [0.2, 0.25) is 15.1 Å². The van der Waals surface area contributed by atoms with Gasteiger partial charge in [0.05, 0.1) is 26.8 Å². The van der Waals surface area contributed by atoms with Crippen molar-refractivity contribution < 1.29 is 0 Å². The summed E-state index contributed by atoms with van der Waals surface area (Å²) in [5.41, 5.74) is 1.43. The second-order valence-electron chi connectivity index (χ2n) is 5.55. The molecule has 0 unspecified atom stereocenters. The fourth-order valence-corrected chi connectivity index (χ4v) is 4.05. The van der Waals surface area contributed by atoms with E-state index in [0.29, 0.717) is 42.2 Å². The molecule has 4 aromatic rings. The van der Waals surface area contributed by atoms with E-state index < -0.39 is 0 Å². The number of thiophene rings is 1. The van der Waals surface area contributed by atoms with Crippen LogP contribution in [0.4, 0.5) is 0 Å². The van der Waals surface area contributed by atoms with Crippen LogP contribution in [0, 0.1) is 0 Å². The summed E-state index contributed by atoms with van der Waals surface area (Å²) >= 11 is 20.0. The highest BCUT2D eigenvalue weighted by Crippen LogP contribution is 2.28. The number of rotatable bonds is 3. The average molecular weight is 435 g/mol. The summed E-state index contributed by atoms with van der Waals surface area (Å²) in [6.45, 7) is 0. The van der Waals surface area contributed by atoms with Gasteiger partial charge in [0, 0.05) is 11.1 Å². The molecule has 27 heavy (non-hydrogen) atoms. The third kappa shape index (κ3) is 3.39. The topological polar surface area (TPSA) is 47.2 Å². The van der Waals surface area contributed by atoms with Crippen molar-refractivity contribution in [2.75, 3.05) is 0 Å². The van der Waals surface area contributed by atoms with Gasteiger partial charge in [-0.05, 0) is 35.7 Å². The molecule has 8 heteroatoms. The molecule has 0 bridgehead atoms. The fraction of sp³-hybridized carbons (Fsp3) is 0. The van der Waals surface area contributed by atoms with Crippen molar-refractivity contribution in [3.63, 3.8) is 0 Å². The van der Waals surface area contributed by atoms with Gasteiger partial charge in [-0.1, -0.05) is 53.0 Å². The van der Waals surface area contributed by atoms with Crippen molar-refractivity contribution in [1.29, 1.82) is 0 Å². The molecular formula is C19H10Cl3N3OS. The van der Waals surface area contributed by atoms with Crippen LogP contribution in [0.5, 0.6) is 0 Å². The second kappa shape index (κ2) is 7.44. The molecule has 0 fully saturated rings. The molecule has 0 aliphatic rings. The van der Waals surface area contributed by atoms with Gasteiger partial charge in [0.1, 0.15) is 4.70 Å². The normalized spacial score (nSPS) is 11.5. The summed E-state index contributed by atoms with van der Waals surface area (Å²) in [6.07, 6.45) is 1.45. The first-order valence-corrected chi connectivity index (χ1v) is 9.81. The van der Waals surface area contributed by atoms with Crippen LogP contribution in [0.3, 0.4) is 0 Å². The smallest absolute Gasteiger partial charge is 0.266 e. The Labute approximate surface area is 173 Å². The minimum absolute atomic E-state index is 0.288. The lowest BCUT2D eigenvalue weighted by atomic mass is 10.2. The van der Waals surface area contributed by atoms with Gasteiger partial charge in [-0.15, -0.1) is 11.3 Å². The zero-order chi connectivity index (χ0) is 19.0. The third-order valence-electron chi connectivity index (χ3n) is 3.87. The Morgan fingerprint density at radius 3 is 2.41 bits per heavy atom. The molecule has 0 aliphatic heterocycles. The van der Waals surface area contributed by atoms with Crippen LogP contribution in [0.25, 0.3) is 21.6 Å². The maximum atomic E-state index is 13.0. The SMILES string of the molecule is O=c1c2sccc2nc(-c2ccccc2Cl)n1/N=C/c1c(Cl)cccc1Cl. The molecule has 2 heterocycles. The number of hydrogen-bond acceptors (Lipinski definition) is 4. The average Bonchev–Trinajstić information content (AvgIpc) is 3.12. The summed E-state index contributed by atoms with van der Waals surface area (Å²) in [5, 5.41) is 7.49. The number of aromatic nitrogens is 2. The molecule has 0 radical (unpaired) electrons. The molecule has 0 amide bonds. The highest BCUT2D eigenvalue weighted by atomic mass is 35.5. The zero-order valence-corrected chi connectivity index (χ0v) is 16.6. The lowest BCUT2D eigenvalue weighted by Gasteiger charge is -2.09. The van der Waals surface area contributed by atoms with E-state index in [0.717, 1.165) is 0 Å². The Balaban J connectivity index is 1.98. The first-order valence-electron chi connectivity index (χ1n) is 7.80. The lowest BCUT2D eigenvalue weighted by molar-refractivity contribution is 0.832. The summed E-state index contributed by atoms with van der Waals surface area (Å²) in [4.78, 5) is 17.6. The quantitative estimate of drug-likeness (QED) is 0.373. The van der Waals surface area contributed by atoms with Gasteiger partial charge in [-0.25, -0.2) is 4.98 Å². The molecule has 134 valence electrons. The molecule has 2 aromatic heterocycles. The molecule has 2 aromatic carbocycles. The summed E-state index contributed by atoms with van der Waals surface area (Å²) in [7, 11) is 0. The monoisotopic (exact) mass is 433 g/mol. The van der Waals surface area contributed by atoms with Crippen LogP contribution >= 0.6 is 46.1 Å². The zero-order valence-electron chi connectivity index (χ0n) is 13.6. The van der Waals surface area contributed by atoms with Crippen LogP contribution in [-0.4, -0.2) is 15.9 Å². The van der Waals surface area contributed by atoms with Gasteiger partial charge in [-0.2, -0.15) is 9.78 Å². The summed E-state index contributed by atoms with van der Waals surface area (Å²) in [5.74, 6) is 0.343. The van der Waals surface area contributed by atoms with E-state index in [2.05, 4.69) is 10.1 Å². The van der Waals surface area contributed by atoms with Crippen LogP contribution in [-0.2, 0) is 0 Å². The van der Waals surface area contributed by atoms with Crippen molar-refractivity contribution in [2.45, 2.75) is 0 Å². The van der Waals surface area contributed by atoms with E-state index in [1.165, 1.54) is 22.2 Å².